The molecule has 0 bridgehead atoms. The van der Waals surface area contributed by atoms with Gasteiger partial charge in [-0.15, -0.1) is 0 Å². The van der Waals surface area contributed by atoms with Crippen LogP contribution in [-0.4, -0.2) is 29.3 Å². The quantitative estimate of drug-likeness (QED) is 0.794. The molecule has 98 valence electrons. The van der Waals surface area contributed by atoms with Gasteiger partial charge in [0, 0.05) is 26.0 Å². The van der Waals surface area contributed by atoms with E-state index >= 15 is 0 Å². The summed E-state index contributed by atoms with van der Waals surface area (Å²) in [5, 5.41) is 3.36. The lowest BCUT2D eigenvalue weighted by Gasteiger charge is -2.38. The van der Waals surface area contributed by atoms with Crippen LogP contribution in [0.2, 0.25) is 0 Å². The molecule has 0 aromatic carbocycles. The minimum atomic E-state index is -0.187. The monoisotopic (exact) mass is 239 g/mol. The summed E-state index contributed by atoms with van der Waals surface area (Å²) in [4.78, 5) is 4.49. The Kier molecular flexibility index (Phi) is 5.15. The third kappa shape index (κ3) is 2.53. The molecule has 1 atom stereocenters. The van der Waals surface area contributed by atoms with Gasteiger partial charge in [-0.2, -0.15) is 0 Å². The first kappa shape index (κ1) is 14.2. The summed E-state index contributed by atoms with van der Waals surface area (Å²) < 4.78 is 7.96. The number of hydrogen-bond acceptors (Lipinski definition) is 3. The largest absolute Gasteiger partial charge is 0.376 e. The van der Waals surface area contributed by atoms with Crippen LogP contribution < -0.4 is 5.32 Å². The first-order valence-electron chi connectivity index (χ1n) is 6.42. The number of rotatable bonds is 7. The lowest BCUT2D eigenvalue weighted by molar-refractivity contribution is -0.0497. The number of ether oxygens (including phenoxy) is 1. The number of methoxy groups -OCH3 is 1. The highest BCUT2D eigenvalue weighted by molar-refractivity contribution is 5.07. The Hall–Kier alpha value is -0.870. The Balaban J connectivity index is 3.13. The number of aromatic nitrogens is 2. The average Bonchev–Trinajstić information content (AvgIpc) is 2.84. The Labute approximate surface area is 104 Å². The maximum atomic E-state index is 5.80. The molecule has 0 aliphatic heterocycles. The second-order valence-electron chi connectivity index (χ2n) is 4.27. The third-order valence-electron chi connectivity index (χ3n) is 3.76. The molecule has 0 radical (unpaired) electrons. The molecule has 17 heavy (non-hydrogen) atoms. The molecule has 0 aliphatic rings. The van der Waals surface area contributed by atoms with Gasteiger partial charge in [0.2, 0.25) is 0 Å². The molecule has 0 saturated carbocycles. The molecule has 1 heterocycles. The molecule has 1 N–H and O–H groups in total. The van der Waals surface area contributed by atoms with Gasteiger partial charge in [-0.25, -0.2) is 4.98 Å². The molecule has 0 aliphatic carbocycles. The SMILES string of the molecule is CCn1ccnc1C(NC)C(CC)(CC)OC. The van der Waals surface area contributed by atoms with Crippen LogP contribution in [-0.2, 0) is 11.3 Å². The van der Waals surface area contributed by atoms with Crippen LogP contribution in [0.5, 0.6) is 0 Å². The molecule has 0 amide bonds. The summed E-state index contributed by atoms with van der Waals surface area (Å²) in [5.41, 5.74) is -0.187. The van der Waals surface area contributed by atoms with Crippen molar-refractivity contribution in [2.75, 3.05) is 14.2 Å². The summed E-state index contributed by atoms with van der Waals surface area (Å²) in [6.45, 7) is 7.39. The Morgan fingerprint density at radius 2 is 2.06 bits per heavy atom. The maximum absolute atomic E-state index is 5.80. The van der Waals surface area contributed by atoms with Crippen LogP contribution >= 0.6 is 0 Å². The zero-order valence-electron chi connectivity index (χ0n) is 11.7. The van der Waals surface area contributed by atoms with Gasteiger partial charge in [-0.1, -0.05) is 13.8 Å². The smallest absolute Gasteiger partial charge is 0.128 e. The van der Waals surface area contributed by atoms with Crippen LogP contribution in [0.1, 0.15) is 45.5 Å². The lowest BCUT2D eigenvalue weighted by atomic mass is 9.87. The van der Waals surface area contributed by atoms with Gasteiger partial charge >= 0.3 is 0 Å². The zero-order chi connectivity index (χ0) is 12.9. The fourth-order valence-electron chi connectivity index (χ4n) is 2.54. The predicted molar refractivity (Wildman–Crippen MR) is 70.0 cm³/mol. The van der Waals surface area contributed by atoms with Gasteiger partial charge in [0.1, 0.15) is 5.82 Å². The van der Waals surface area contributed by atoms with Crippen molar-refractivity contribution in [3.05, 3.63) is 18.2 Å². The number of hydrogen-bond donors (Lipinski definition) is 1. The highest BCUT2D eigenvalue weighted by atomic mass is 16.5. The average molecular weight is 239 g/mol. The molecule has 4 heteroatoms. The van der Waals surface area contributed by atoms with Crippen molar-refractivity contribution in [2.45, 2.75) is 51.8 Å². The molecule has 1 aromatic heterocycles. The molecule has 0 fully saturated rings. The number of nitrogens with zero attached hydrogens (tertiary/aromatic N) is 2. The highest BCUT2D eigenvalue weighted by Crippen LogP contribution is 2.33. The maximum Gasteiger partial charge on any atom is 0.128 e. The zero-order valence-corrected chi connectivity index (χ0v) is 11.7. The van der Waals surface area contributed by atoms with Gasteiger partial charge in [-0.05, 0) is 26.8 Å². The first-order valence-corrected chi connectivity index (χ1v) is 6.42. The van der Waals surface area contributed by atoms with E-state index in [0.29, 0.717) is 0 Å². The molecule has 4 nitrogen and oxygen atoms in total. The second kappa shape index (κ2) is 6.17. The van der Waals surface area contributed by atoms with Gasteiger partial charge in [0.05, 0.1) is 11.6 Å². The van der Waals surface area contributed by atoms with Crippen molar-refractivity contribution in [1.82, 2.24) is 14.9 Å². The van der Waals surface area contributed by atoms with Gasteiger partial charge < -0.3 is 14.6 Å². The van der Waals surface area contributed by atoms with E-state index in [-0.39, 0.29) is 11.6 Å². The fourth-order valence-corrected chi connectivity index (χ4v) is 2.54. The number of nitrogens with one attached hydrogen (secondary N) is 1. The van der Waals surface area contributed by atoms with Crippen molar-refractivity contribution in [3.63, 3.8) is 0 Å². The summed E-state index contributed by atoms with van der Waals surface area (Å²) in [6, 6.07) is 0.123. The van der Waals surface area contributed by atoms with Crippen LogP contribution in [0, 0.1) is 0 Å². The van der Waals surface area contributed by atoms with Crippen molar-refractivity contribution in [1.29, 1.82) is 0 Å². The molecule has 0 saturated heterocycles. The molecular formula is C13H25N3O. The topological polar surface area (TPSA) is 39.1 Å². The van der Waals surface area contributed by atoms with Crippen molar-refractivity contribution >= 4 is 0 Å². The van der Waals surface area contributed by atoms with E-state index in [2.05, 4.69) is 35.6 Å². The Morgan fingerprint density at radius 1 is 1.41 bits per heavy atom. The standard InChI is InChI=1S/C13H25N3O/c1-6-13(7-2,17-5)11(14-4)12-15-9-10-16(12)8-3/h9-11,14H,6-8H2,1-5H3. The van der Waals surface area contributed by atoms with E-state index < -0.39 is 0 Å². The molecule has 1 rings (SSSR count). The van der Waals surface area contributed by atoms with E-state index in [0.717, 1.165) is 25.2 Å². The predicted octanol–water partition coefficient (Wildman–Crippen LogP) is 2.37. The van der Waals surface area contributed by atoms with E-state index in [1.807, 2.05) is 19.4 Å². The lowest BCUT2D eigenvalue weighted by Crippen LogP contribution is -2.44. The summed E-state index contributed by atoms with van der Waals surface area (Å²) in [7, 11) is 3.76. The van der Waals surface area contributed by atoms with Crippen LogP contribution in [0.3, 0.4) is 0 Å². The van der Waals surface area contributed by atoms with Crippen molar-refractivity contribution in [3.8, 4) is 0 Å². The number of likely N-dealkylation sites (N-methyl/N-ethyl adjacent to an activating group) is 1. The Bertz CT molecular complexity index is 323. The highest BCUT2D eigenvalue weighted by Gasteiger charge is 2.38. The second-order valence-corrected chi connectivity index (χ2v) is 4.27. The van der Waals surface area contributed by atoms with E-state index in [9.17, 15) is 0 Å². The molecular weight excluding hydrogens is 214 g/mol. The third-order valence-corrected chi connectivity index (χ3v) is 3.76. The van der Waals surface area contributed by atoms with E-state index in [4.69, 9.17) is 4.74 Å². The summed E-state index contributed by atoms with van der Waals surface area (Å²) >= 11 is 0. The summed E-state index contributed by atoms with van der Waals surface area (Å²) in [5.74, 6) is 1.06. The van der Waals surface area contributed by atoms with Gasteiger partial charge in [0.25, 0.3) is 0 Å². The minimum Gasteiger partial charge on any atom is -0.376 e. The normalized spacial score (nSPS) is 13.9. The number of imidazole rings is 1. The Morgan fingerprint density at radius 3 is 2.47 bits per heavy atom. The molecule has 1 aromatic rings. The fraction of sp³-hybridized carbons (Fsp3) is 0.769. The molecule has 1 unspecified atom stereocenters. The van der Waals surface area contributed by atoms with Crippen molar-refractivity contribution < 1.29 is 4.74 Å². The van der Waals surface area contributed by atoms with Gasteiger partial charge in [0.15, 0.2) is 0 Å². The minimum absolute atomic E-state index is 0.123. The molecule has 0 spiro atoms. The van der Waals surface area contributed by atoms with Crippen LogP contribution in [0.15, 0.2) is 12.4 Å². The first-order chi connectivity index (χ1) is 8.18. The number of aryl methyl sites for hydroxylation is 1. The van der Waals surface area contributed by atoms with Crippen LogP contribution in [0.25, 0.3) is 0 Å². The van der Waals surface area contributed by atoms with Crippen LogP contribution in [0.4, 0.5) is 0 Å². The van der Waals surface area contributed by atoms with Gasteiger partial charge in [-0.3, -0.25) is 0 Å². The summed E-state index contributed by atoms with van der Waals surface area (Å²) in [6.07, 6.45) is 5.80. The van der Waals surface area contributed by atoms with E-state index in [1.54, 1.807) is 7.11 Å². The van der Waals surface area contributed by atoms with Crippen molar-refractivity contribution in [2.24, 2.45) is 0 Å². The van der Waals surface area contributed by atoms with E-state index in [1.165, 1.54) is 0 Å².